The van der Waals surface area contributed by atoms with Crippen molar-refractivity contribution in [2.24, 2.45) is 0 Å². The molecule has 2 heteroatoms. The van der Waals surface area contributed by atoms with Crippen LogP contribution in [0.2, 0.25) is 0 Å². The third-order valence-corrected chi connectivity index (χ3v) is 3.84. The van der Waals surface area contributed by atoms with Gasteiger partial charge < -0.3 is 0 Å². The highest BCUT2D eigenvalue weighted by atomic mass is 32.1. The van der Waals surface area contributed by atoms with Crippen molar-refractivity contribution in [3.63, 3.8) is 0 Å². The molecule has 0 fully saturated rings. The molecule has 0 saturated heterocycles. The first-order chi connectivity index (χ1) is 7.43. The van der Waals surface area contributed by atoms with Crippen LogP contribution in [0.3, 0.4) is 0 Å². The molecule has 0 amide bonds. The average Bonchev–Trinajstić information content (AvgIpc) is 2.82. The van der Waals surface area contributed by atoms with Crippen molar-refractivity contribution in [3.05, 3.63) is 40.9 Å². The first-order valence-corrected chi connectivity index (χ1v) is 6.34. The van der Waals surface area contributed by atoms with E-state index in [-0.39, 0.29) is 0 Å². The lowest BCUT2D eigenvalue weighted by Crippen LogP contribution is -2.05. The van der Waals surface area contributed by atoms with Gasteiger partial charge in [0.05, 0.1) is 10.6 Å². The van der Waals surface area contributed by atoms with Crippen LogP contribution < -0.4 is 0 Å². The second-order valence-corrected chi connectivity index (χ2v) is 4.93. The Morgan fingerprint density at radius 1 is 1.07 bits per heavy atom. The molecule has 0 N–H and O–H groups in total. The summed E-state index contributed by atoms with van der Waals surface area (Å²) in [7, 11) is 0. The summed E-state index contributed by atoms with van der Waals surface area (Å²) >= 11 is 1.76. The van der Waals surface area contributed by atoms with E-state index in [9.17, 15) is 0 Å². The Balaban J connectivity index is 2.04. The summed E-state index contributed by atoms with van der Waals surface area (Å²) in [5.41, 5.74) is 3.93. The predicted octanol–water partition coefficient (Wildman–Crippen LogP) is 3.69. The van der Waals surface area contributed by atoms with Gasteiger partial charge in [-0.2, -0.15) is 0 Å². The number of aryl methyl sites for hydroxylation is 2. The summed E-state index contributed by atoms with van der Waals surface area (Å²) in [6.45, 7) is 0. The van der Waals surface area contributed by atoms with Gasteiger partial charge in [0, 0.05) is 5.69 Å². The van der Waals surface area contributed by atoms with E-state index >= 15 is 0 Å². The molecule has 3 rings (SSSR count). The van der Waals surface area contributed by atoms with Crippen molar-refractivity contribution in [1.82, 2.24) is 4.98 Å². The molecule has 2 heterocycles. The topological polar surface area (TPSA) is 12.9 Å². The zero-order valence-corrected chi connectivity index (χ0v) is 9.39. The minimum absolute atomic E-state index is 1.14. The Labute approximate surface area is 93.8 Å². The molecule has 0 aromatic carbocycles. The molecule has 2 aromatic rings. The van der Waals surface area contributed by atoms with Crippen molar-refractivity contribution in [2.45, 2.75) is 25.7 Å². The molecule has 76 valence electrons. The van der Waals surface area contributed by atoms with Gasteiger partial charge in [0.1, 0.15) is 0 Å². The van der Waals surface area contributed by atoms with Crippen LogP contribution in [0, 0.1) is 0 Å². The van der Waals surface area contributed by atoms with Crippen LogP contribution >= 0.6 is 11.3 Å². The largest absolute Gasteiger partial charge is 0.252 e. The quantitative estimate of drug-likeness (QED) is 0.707. The maximum atomic E-state index is 4.77. The van der Waals surface area contributed by atoms with E-state index < -0.39 is 0 Å². The van der Waals surface area contributed by atoms with Crippen molar-refractivity contribution in [2.75, 3.05) is 0 Å². The Kier molecular flexibility index (Phi) is 2.29. The number of aromatic nitrogens is 1. The van der Waals surface area contributed by atoms with Crippen LogP contribution in [0.1, 0.15) is 24.1 Å². The summed E-state index contributed by atoms with van der Waals surface area (Å²) in [5, 5.41) is 2.11. The smallest absolute Gasteiger partial charge is 0.0805 e. The summed E-state index contributed by atoms with van der Waals surface area (Å²) in [4.78, 5) is 6.05. The molecule has 0 bridgehead atoms. The monoisotopic (exact) mass is 215 g/mol. The van der Waals surface area contributed by atoms with Gasteiger partial charge >= 0.3 is 0 Å². The molecule has 0 saturated carbocycles. The van der Waals surface area contributed by atoms with Crippen LogP contribution in [-0.4, -0.2) is 4.98 Å². The maximum Gasteiger partial charge on any atom is 0.0805 e. The Morgan fingerprint density at radius 3 is 2.87 bits per heavy atom. The molecule has 1 aliphatic carbocycles. The van der Waals surface area contributed by atoms with E-state index in [4.69, 9.17) is 4.98 Å². The van der Waals surface area contributed by atoms with Gasteiger partial charge in [0.15, 0.2) is 0 Å². The molecular formula is C13H13NS. The van der Waals surface area contributed by atoms with Gasteiger partial charge in [-0.25, -0.2) is 0 Å². The standard InChI is InChI=1S/C13H13NS/c1-2-5-11-10(4-1)7-8-12(14-11)13-6-3-9-15-13/h3,6-9H,1-2,4-5H2. The summed E-state index contributed by atoms with van der Waals surface area (Å²) < 4.78 is 0. The van der Waals surface area contributed by atoms with Crippen LogP contribution in [0.4, 0.5) is 0 Å². The van der Waals surface area contributed by atoms with Gasteiger partial charge in [-0.05, 0) is 48.8 Å². The van der Waals surface area contributed by atoms with E-state index in [1.165, 1.54) is 35.4 Å². The van der Waals surface area contributed by atoms with Gasteiger partial charge in [-0.1, -0.05) is 12.1 Å². The normalized spacial score (nSPS) is 14.9. The average molecular weight is 215 g/mol. The second-order valence-electron chi connectivity index (χ2n) is 3.99. The lowest BCUT2D eigenvalue weighted by molar-refractivity contribution is 0.669. The number of pyridine rings is 1. The number of thiophene rings is 1. The summed E-state index contributed by atoms with van der Waals surface area (Å²) in [5.74, 6) is 0. The predicted molar refractivity (Wildman–Crippen MR) is 64.2 cm³/mol. The minimum atomic E-state index is 1.14. The Hall–Kier alpha value is -1.15. The third kappa shape index (κ3) is 1.70. The second kappa shape index (κ2) is 3.78. The lowest BCUT2D eigenvalue weighted by Gasteiger charge is -2.14. The Bertz CT molecular complexity index is 459. The Morgan fingerprint density at radius 2 is 2.00 bits per heavy atom. The first-order valence-electron chi connectivity index (χ1n) is 5.46. The molecule has 15 heavy (non-hydrogen) atoms. The third-order valence-electron chi connectivity index (χ3n) is 2.95. The molecule has 1 nitrogen and oxygen atoms in total. The van der Waals surface area contributed by atoms with E-state index in [2.05, 4.69) is 29.6 Å². The van der Waals surface area contributed by atoms with Gasteiger partial charge in [-0.3, -0.25) is 4.98 Å². The van der Waals surface area contributed by atoms with E-state index in [0.717, 1.165) is 12.1 Å². The number of fused-ring (bicyclic) bond motifs is 1. The summed E-state index contributed by atoms with van der Waals surface area (Å²) in [6.07, 6.45) is 5.00. The molecule has 0 aliphatic heterocycles. The number of hydrogen-bond donors (Lipinski definition) is 0. The number of nitrogens with zero attached hydrogens (tertiary/aromatic N) is 1. The molecule has 0 radical (unpaired) electrons. The van der Waals surface area contributed by atoms with Crippen LogP contribution in [0.15, 0.2) is 29.6 Å². The summed E-state index contributed by atoms with van der Waals surface area (Å²) in [6, 6.07) is 8.65. The van der Waals surface area contributed by atoms with Crippen LogP contribution in [-0.2, 0) is 12.8 Å². The zero-order chi connectivity index (χ0) is 10.1. The van der Waals surface area contributed by atoms with Crippen LogP contribution in [0.5, 0.6) is 0 Å². The fourth-order valence-electron chi connectivity index (χ4n) is 2.14. The highest BCUT2D eigenvalue weighted by Crippen LogP contribution is 2.26. The van der Waals surface area contributed by atoms with Crippen molar-refractivity contribution < 1.29 is 0 Å². The SMILES string of the molecule is c1csc(-c2ccc3c(n2)CCCC3)c1. The molecular weight excluding hydrogens is 202 g/mol. The highest BCUT2D eigenvalue weighted by molar-refractivity contribution is 7.13. The number of rotatable bonds is 1. The van der Waals surface area contributed by atoms with Gasteiger partial charge in [0.2, 0.25) is 0 Å². The maximum absolute atomic E-state index is 4.77. The van der Waals surface area contributed by atoms with E-state index in [1.54, 1.807) is 11.3 Å². The molecule has 0 atom stereocenters. The van der Waals surface area contributed by atoms with Crippen molar-refractivity contribution in [1.29, 1.82) is 0 Å². The molecule has 1 aliphatic rings. The van der Waals surface area contributed by atoms with Crippen molar-refractivity contribution >= 4 is 11.3 Å². The number of hydrogen-bond acceptors (Lipinski definition) is 2. The minimum Gasteiger partial charge on any atom is -0.252 e. The molecule has 2 aromatic heterocycles. The lowest BCUT2D eigenvalue weighted by atomic mass is 9.96. The van der Waals surface area contributed by atoms with Gasteiger partial charge in [-0.15, -0.1) is 11.3 Å². The first kappa shape index (κ1) is 9.10. The van der Waals surface area contributed by atoms with Crippen molar-refractivity contribution in [3.8, 4) is 10.6 Å². The highest BCUT2D eigenvalue weighted by Gasteiger charge is 2.11. The van der Waals surface area contributed by atoms with E-state index in [0.29, 0.717) is 0 Å². The van der Waals surface area contributed by atoms with Crippen LogP contribution in [0.25, 0.3) is 10.6 Å². The molecule has 0 spiro atoms. The van der Waals surface area contributed by atoms with Gasteiger partial charge in [0.25, 0.3) is 0 Å². The fraction of sp³-hybridized carbons (Fsp3) is 0.308. The zero-order valence-electron chi connectivity index (χ0n) is 8.57. The van der Waals surface area contributed by atoms with E-state index in [1.807, 2.05) is 0 Å². The fourth-order valence-corrected chi connectivity index (χ4v) is 2.84. The molecule has 0 unspecified atom stereocenters.